The zero-order valence-corrected chi connectivity index (χ0v) is 7.64. The summed E-state index contributed by atoms with van der Waals surface area (Å²) >= 11 is 0. The number of hydrogen-bond donors (Lipinski definition) is 0. The van der Waals surface area contributed by atoms with Crippen LogP contribution < -0.4 is 0 Å². The lowest BCUT2D eigenvalue weighted by Gasteiger charge is -2.13. The highest BCUT2D eigenvalue weighted by molar-refractivity contribution is 5.81. The molecule has 0 fully saturated rings. The summed E-state index contributed by atoms with van der Waals surface area (Å²) in [4.78, 5) is 10.8. The van der Waals surface area contributed by atoms with Crippen LogP contribution >= 0.6 is 0 Å². The van der Waals surface area contributed by atoms with Crippen molar-refractivity contribution in [3.05, 3.63) is 11.8 Å². The van der Waals surface area contributed by atoms with Crippen LogP contribution in [0.4, 0.5) is 0 Å². The molecule has 0 aromatic heterocycles. The molecule has 2 nitrogen and oxygen atoms in total. The van der Waals surface area contributed by atoms with Crippen molar-refractivity contribution in [2.75, 3.05) is 6.61 Å². The van der Waals surface area contributed by atoms with Gasteiger partial charge in [0.1, 0.15) is 5.78 Å². The Hall–Kier alpha value is -0.790. The topological polar surface area (TPSA) is 26.3 Å². The molecule has 0 amide bonds. The van der Waals surface area contributed by atoms with Gasteiger partial charge >= 0.3 is 0 Å². The third-order valence-electron chi connectivity index (χ3n) is 1.99. The summed E-state index contributed by atoms with van der Waals surface area (Å²) in [5.41, 5.74) is 0. The molecule has 0 saturated heterocycles. The Morgan fingerprint density at radius 3 is 2.92 bits per heavy atom. The van der Waals surface area contributed by atoms with Gasteiger partial charge in [0.15, 0.2) is 0 Å². The van der Waals surface area contributed by atoms with Crippen LogP contribution in [0, 0.1) is 0 Å². The summed E-state index contributed by atoms with van der Waals surface area (Å²) in [6.07, 6.45) is 6.22. The second kappa shape index (κ2) is 4.96. The van der Waals surface area contributed by atoms with Crippen molar-refractivity contribution >= 4 is 5.78 Å². The molecule has 0 bridgehead atoms. The minimum absolute atomic E-state index is 0.331. The normalized spacial score (nSPS) is 17.4. The van der Waals surface area contributed by atoms with E-state index in [1.165, 1.54) is 0 Å². The van der Waals surface area contributed by atoms with E-state index in [-0.39, 0.29) is 0 Å². The third-order valence-corrected chi connectivity index (χ3v) is 1.99. The SMILES string of the molecule is CCCCOC1=CCC(=O)CC1. The number of hydrogen-bond acceptors (Lipinski definition) is 2. The first-order valence-corrected chi connectivity index (χ1v) is 4.66. The van der Waals surface area contributed by atoms with Crippen molar-refractivity contribution in [2.24, 2.45) is 0 Å². The zero-order chi connectivity index (χ0) is 8.81. The van der Waals surface area contributed by atoms with E-state index in [0.29, 0.717) is 18.6 Å². The lowest BCUT2D eigenvalue weighted by molar-refractivity contribution is -0.118. The Morgan fingerprint density at radius 1 is 1.50 bits per heavy atom. The van der Waals surface area contributed by atoms with Crippen LogP contribution in [0.25, 0.3) is 0 Å². The number of rotatable bonds is 4. The minimum Gasteiger partial charge on any atom is -0.498 e. The third kappa shape index (κ3) is 3.07. The average molecular weight is 168 g/mol. The number of ether oxygens (including phenoxy) is 1. The van der Waals surface area contributed by atoms with Crippen LogP contribution in [0.2, 0.25) is 0 Å². The summed E-state index contributed by atoms with van der Waals surface area (Å²) in [6, 6.07) is 0. The van der Waals surface area contributed by atoms with E-state index in [4.69, 9.17) is 4.74 Å². The second-order valence-electron chi connectivity index (χ2n) is 3.12. The predicted molar refractivity (Wildman–Crippen MR) is 47.8 cm³/mol. The van der Waals surface area contributed by atoms with Gasteiger partial charge < -0.3 is 4.74 Å². The molecule has 0 unspecified atom stereocenters. The van der Waals surface area contributed by atoms with Gasteiger partial charge in [-0.1, -0.05) is 13.3 Å². The van der Waals surface area contributed by atoms with Gasteiger partial charge in [-0.25, -0.2) is 0 Å². The van der Waals surface area contributed by atoms with E-state index < -0.39 is 0 Å². The number of allylic oxidation sites excluding steroid dienone is 2. The number of carbonyl (C=O) groups is 1. The Bertz CT molecular complexity index is 182. The molecule has 0 saturated carbocycles. The van der Waals surface area contributed by atoms with Crippen molar-refractivity contribution in [3.8, 4) is 0 Å². The zero-order valence-electron chi connectivity index (χ0n) is 7.64. The maximum atomic E-state index is 10.8. The Labute approximate surface area is 73.6 Å². The summed E-state index contributed by atoms with van der Waals surface area (Å²) in [5.74, 6) is 1.35. The van der Waals surface area contributed by atoms with Gasteiger partial charge in [-0.2, -0.15) is 0 Å². The lowest BCUT2D eigenvalue weighted by Crippen LogP contribution is -2.06. The largest absolute Gasteiger partial charge is 0.498 e. The maximum absolute atomic E-state index is 10.8. The molecular weight excluding hydrogens is 152 g/mol. The summed E-state index contributed by atoms with van der Waals surface area (Å²) in [7, 11) is 0. The highest BCUT2D eigenvalue weighted by Crippen LogP contribution is 2.15. The molecule has 12 heavy (non-hydrogen) atoms. The van der Waals surface area contributed by atoms with E-state index in [9.17, 15) is 4.79 Å². The smallest absolute Gasteiger partial charge is 0.137 e. The van der Waals surface area contributed by atoms with Crippen molar-refractivity contribution in [1.29, 1.82) is 0 Å². The number of unbranched alkanes of at least 4 members (excludes halogenated alkanes) is 1. The van der Waals surface area contributed by atoms with Crippen molar-refractivity contribution in [1.82, 2.24) is 0 Å². The molecule has 0 aliphatic heterocycles. The number of ketones is 1. The first kappa shape index (κ1) is 9.30. The van der Waals surface area contributed by atoms with Gasteiger partial charge in [-0.05, 0) is 12.5 Å². The monoisotopic (exact) mass is 168 g/mol. The highest BCUT2D eigenvalue weighted by Gasteiger charge is 2.10. The molecule has 68 valence electrons. The quantitative estimate of drug-likeness (QED) is 0.603. The highest BCUT2D eigenvalue weighted by atomic mass is 16.5. The average Bonchev–Trinajstić information content (AvgIpc) is 2.09. The van der Waals surface area contributed by atoms with Crippen LogP contribution in [0.1, 0.15) is 39.0 Å². The molecule has 0 radical (unpaired) electrons. The van der Waals surface area contributed by atoms with Gasteiger partial charge in [0.25, 0.3) is 0 Å². The molecule has 1 rings (SSSR count). The van der Waals surface area contributed by atoms with E-state index >= 15 is 0 Å². The number of Topliss-reactive ketones (excluding diaryl/α,β-unsaturated/α-hetero) is 1. The molecule has 0 heterocycles. The van der Waals surface area contributed by atoms with Crippen LogP contribution in [-0.4, -0.2) is 12.4 Å². The van der Waals surface area contributed by atoms with Gasteiger partial charge in [0, 0.05) is 19.3 Å². The molecule has 0 atom stereocenters. The minimum atomic E-state index is 0.331. The summed E-state index contributed by atoms with van der Waals surface area (Å²) in [6.45, 7) is 2.94. The first-order valence-electron chi connectivity index (χ1n) is 4.66. The standard InChI is InChI=1S/C10H16O2/c1-2-3-8-12-10-6-4-9(11)5-7-10/h6H,2-5,7-8H2,1H3. The molecule has 2 heteroatoms. The fraction of sp³-hybridized carbons (Fsp3) is 0.700. The van der Waals surface area contributed by atoms with E-state index in [1.807, 2.05) is 6.08 Å². The van der Waals surface area contributed by atoms with Gasteiger partial charge in [0.2, 0.25) is 0 Å². The predicted octanol–water partition coefficient (Wildman–Crippen LogP) is 2.44. The van der Waals surface area contributed by atoms with Gasteiger partial charge in [-0.15, -0.1) is 0 Å². The maximum Gasteiger partial charge on any atom is 0.137 e. The molecule has 0 N–H and O–H groups in total. The molecule has 0 aromatic carbocycles. The molecular formula is C10H16O2. The molecule has 0 spiro atoms. The first-order chi connectivity index (χ1) is 5.83. The Kier molecular flexibility index (Phi) is 3.85. The fourth-order valence-electron chi connectivity index (χ4n) is 1.17. The molecule has 0 aromatic rings. The van der Waals surface area contributed by atoms with Crippen LogP contribution in [0.3, 0.4) is 0 Å². The van der Waals surface area contributed by atoms with Gasteiger partial charge in [0.05, 0.1) is 12.4 Å². The Morgan fingerprint density at radius 2 is 2.33 bits per heavy atom. The fourth-order valence-corrected chi connectivity index (χ4v) is 1.17. The van der Waals surface area contributed by atoms with Crippen LogP contribution in [0.5, 0.6) is 0 Å². The Balaban J connectivity index is 2.19. The molecule has 1 aliphatic carbocycles. The van der Waals surface area contributed by atoms with E-state index in [2.05, 4.69) is 6.92 Å². The van der Waals surface area contributed by atoms with Gasteiger partial charge in [-0.3, -0.25) is 4.79 Å². The van der Waals surface area contributed by atoms with Crippen molar-refractivity contribution in [2.45, 2.75) is 39.0 Å². The van der Waals surface area contributed by atoms with Crippen LogP contribution in [0.15, 0.2) is 11.8 Å². The number of carbonyl (C=O) groups excluding carboxylic acids is 1. The second-order valence-corrected chi connectivity index (χ2v) is 3.12. The van der Waals surface area contributed by atoms with Crippen molar-refractivity contribution < 1.29 is 9.53 Å². The molecule has 1 aliphatic rings. The lowest BCUT2D eigenvalue weighted by atomic mass is 10.1. The van der Waals surface area contributed by atoms with E-state index in [0.717, 1.165) is 31.6 Å². The van der Waals surface area contributed by atoms with E-state index in [1.54, 1.807) is 0 Å². The summed E-state index contributed by atoms with van der Waals surface area (Å²) in [5, 5.41) is 0. The summed E-state index contributed by atoms with van der Waals surface area (Å²) < 4.78 is 5.48. The van der Waals surface area contributed by atoms with Crippen molar-refractivity contribution in [3.63, 3.8) is 0 Å². The van der Waals surface area contributed by atoms with Crippen LogP contribution in [-0.2, 0) is 9.53 Å².